The summed E-state index contributed by atoms with van der Waals surface area (Å²) in [5.74, 6) is 0.550. The maximum absolute atomic E-state index is 12.8. The quantitative estimate of drug-likeness (QED) is 0.726. The summed E-state index contributed by atoms with van der Waals surface area (Å²) in [7, 11) is 0. The minimum Gasteiger partial charge on any atom is -0.489 e. The van der Waals surface area contributed by atoms with Crippen LogP contribution >= 0.6 is 0 Å². The van der Waals surface area contributed by atoms with Crippen molar-refractivity contribution in [1.82, 2.24) is 20.3 Å². The minimum absolute atomic E-state index is 0.112. The molecular formula is C15H13FN6O. The number of nitrogens with two attached hydrogens (primary N) is 1. The lowest BCUT2D eigenvalue weighted by Gasteiger charge is -2.06. The highest BCUT2D eigenvalue weighted by Crippen LogP contribution is 2.14. The second-order valence-corrected chi connectivity index (χ2v) is 4.66. The third-order valence-corrected chi connectivity index (χ3v) is 2.99. The zero-order chi connectivity index (χ0) is 16.1. The van der Waals surface area contributed by atoms with Gasteiger partial charge in [-0.05, 0) is 58.0 Å². The lowest BCUT2D eigenvalue weighted by Crippen LogP contribution is -1.99. The molecule has 0 bridgehead atoms. The molecule has 1 heterocycles. The van der Waals surface area contributed by atoms with E-state index in [1.165, 1.54) is 12.1 Å². The smallest absolute Gasteiger partial charge is 0.263 e. The number of hydrogen-bond donors (Lipinski definition) is 1. The molecule has 0 saturated carbocycles. The average molecular weight is 312 g/mol. The molecule has 2 N–H and O–H groups in total. The Morgan fingerprint density at radius 2 is 1.87 bits per heavy atom. The summed E-state index contributed by atoms with van der Waals surface area (Å²) in [6.07, 6.45) is 1.58. The Bertz CT molecular complexity index is 798. The molecule has 3 rings (SSSR count). The van der Waals surface area contributed by atoms with Crippen LogP contribution < -0.4 is 10.5 Å². The highest BCUT2D eigenvalue weighted by atomic mass is 19.1. The van der Waals surface area contributed by atoms with Gasteiger partial charge in [0, 0.05) is 0 Å². The molecule has 0 atom stereocenters. The summed E-state index contributed by atoms with van der Waals surface area (Å²) >= 11 is 0. The van der Waals surface area contributed by atoms with Crippen molar-refractivity contribution in [3.05, 3.63) is 65.5 Å². The lowest BCUT2D eigenvalue weighted by molar-refractivity contribution is 0.306. The van der Waals surface area contributed by atoms with Crippen LogP contribution in [0.2, 0.25) is 0 Å². The predicted octanol–water partition coefficient (Wildman–Crippen LogP) is 1.86. The number of ether oxygens (including phenoxy) is 1. The Labute approximate surface area is 131 Å². The van der Waals surface area contributed by atoms with Gasteiger partial charge in [-0.1, -0.05) is 22.0 Å². The largest absolute Gasteiger partial charge is 0.489 e. The van der Waals surface area contributed by atoms with Gasteiger partial charge in [0.15, 0.2) is 0 Å². The number of aromatic nitrogens is 4. The molecule has 0 saturated heterocycles. The van der Waals surface area contributed by atoms with Gasteiger partial charge in [0.25, 0.3) is 5.95 Å². The first-order valence-corrected chi connectivity index (χ1v) is 6.76. The van der Waals surface area contributed by atoms with Crippen LogP contribution in [0.5, 0.6) is 5.75 Å². The molecule has 0 fully saturated rings. The Kier molecular flexibility index (Phi) is 4.23. The molecule has 116 valence electrons. The van der Waals surface area contributed by atoms with Gasteiger partial charge in [-0.2, -0.15) is 5.10 Å². The van der Waals surface area contributed by atoms with E-state index in [2.05, 4.69) is 20.6 Å². The van der Waals surface area contributed by atoms with Gasteiger partial charge in [0.05, 0.1) is 6.21 Å². The number of nitrogen functional groups attached to an aromatic ring is 1. The molecule has 0 aliphatic rings. The Balaban J connectivity index is 1.59. The highest BCUT2D eigenvalue weighted by molar-refractivity contribution is 5.79. The SMILES string of the molecule is Nc1nnnn1N=Cc1ccc(OCc2ccc(F)cc2)cc1. The first-order chi connectivity index (χ1) is 11.2. The monoisotopic (exact) mass is 312 g/mol. The molecule has 0 aliphatic carbocycles. The number of benzene rings is 2. The van der Waals surface area contributed by atoms with Crippen LogP contribution in [-0.2, 0) is 6.61 Å². The van der Waals surface area contributed by atoms with E-state index in [-0.39, 0.29) is 11.8 Å². The van der Waals surface area contributed by atoms with E-state index in [1.54, 1.807) is 18.3 Å². The summed E-state index contributed by atoms with van der Waals surface area (Å²) < 4.78 is 18.5. The van der Waals surface area contributed by atoms with Crippen LogP contribution in [0.1, 0.15) is 11.1 Å². The first-order valence-electron chi connectivity index (χ1n) is 6.76. The fourth-order valence-electron chi connectivity index (χ4n) is 1.79. The second-order valence-electron chi connectivity index (χ2n) is 4.66. The molecule has 0 aliphatic heterocycles. The van der Waals surface area contributed by atoms with E-state index >= 15 is 0 Å². The average Bonchev–Trinajstić information content (AvgIpc) is 2.98. The number of nitrogens with zero attached hydrogens (tertiary/aromatic N) is 5. The molecule has 7 nitrogen and oxygen atoms in total. The maximum atomic E-state index is 12.8. The topological polar surface area (TPSA) is 91.2 Å². The molecule has 23 heavy (non-hydrogen) atoms. The molecule has 0 spiro atoms. The summed E-state index contributed by atoms with van der Waals surface area (Å²) in [5.41, 5.74) is 7.24. The van der Waals surface area contributed by atoms with Crippen molar-refractivity contribution < 1.29 is 9.13 Å². The number of anilines is 1. The summed E-state index contributed by atoms with van der Waals surface area (Å²) in [4.78, 5) is 1.12. The van der Waals surface area contributed by atoms with Crippen LogP contribution in [-0.4, -0.2) is 26.5 Å². The van der Waals surface area contributed by atoms with Crippen molar-refractivity contribution in [3.63, 3.8) is 0 Å². The zero-order valence-electron chi connectivity index (χ0n) is 12.0. The van der Waals surface area contributed by atoms with Crippen molar-refractivity contribution in [1.29, 1.82) is 0 Å². The molecule has 0 radical (unpaired) electrons. The summed E-state index contributed by atoms with van der Waals surface area (Å²) in [5, 5.41) is 14.5. The number of rotatable bonds is 5. The number of tetrazole rings is 1. The van der Waals surface area contributed by atoms with E-state index < -0.39 is 0 Å². The number of halogens is 1. The normalized spacial score (nSPS) is 11.0. The van der Waals surface area contributed by atoms with E-state index in [0.717, 1.165) is 15.9 Å². The molecule has 8 heteroatoms. The number of hydrogen-bond acceptors (Lipinski definition) is 6. The minimum atomic E-state index is -0.263. The third-order valence-electron chi connectivity index (χ3n) is 2.99. The van der Waals surface area contributed by atoms with Gasteiger partial charge in [-0.15, -0.1) is 0 Å². The van der Waals surface area contributed by atoms with E-state index in [4.69, 9.17) is 10.5 Å². The fraction of sp³-hybridized carbons (Fsp3) is 0.0667. The van der Waals surface area contributed by atoms with Gasteiger partial charge in [0.2, 0.25) is 0 Å². The summed E-state index contributed by atoms with van der Waals surface area (Å²) in [6, 6.07) is 13.5. The van der Waals surface area contributed by atoms with E-state index in [0.29, 0.717) is 12.4 Å². The van der Waals surface area contributed by atoms with Crippen molar-refractivity contribution in [2.24, 2.45) is 5.10 Å². The zero-order valence-corrected chi connectivity index (χ0v) is 12.0. The van der Waals surface area contributed by atoms with Gasteiger partial charge in [0.1, 0.15) is 18.2 Å². The fourth-order valence-corrected chi connectivity index (χ4v) is 1.79. The van der Waals surface area contributed by atoms with E-state index in [1.807, 2.05) is 24.3 Å². The predicted molar refractivity (Wildman–Crippen MR) is 82.4 cm³/mol. The van der Waals surface area contributed by atoms with Crippen LogP contribution in [0.4, 0.5) is 10.3 Å². The highest BCUT2D eigenvalue weighted by Gasteiger charge is 1.99. The van der Waals surface area contributed by atoms with Crippen LogP contribution in [0.3, 0.4) is 0 Å². The van der Waals surface area contributed by atoms with Crippen molar-refractivity contribution in [2.45, 2.75) is 6.61 Å². The van der Waals surface area contributed by atoms with Gasteiger partial charge < -0.3 is 10.5 Å². The Hall–Kier alpha value is -3.29. The standard InChI is InChI=1S/C15H13FN6O/c16-13-5-1-12(2-6-13)10-23-14-7-3-11(4-8-14)9-18-22-15(17)19-20-21-22/h1-9H,10H2,(H2,17,19,21). The lowest BCUT2D eigenvalue weighted by atomic mass is 10.2. The van der Waals surface area contributed by atoms with Crippen molar-refractivity contribution in [2.75, 3.05) is 5.73 Å². The molecule has 0 unspecified atom stereocenters. The second kappa shape index (κ2) is 6.65. The van der Waals surface area contributed by atoms with Crippen LogP contribution in [0.25, 0.3) is 0 Å². The first kappa shape index (κ1) is 14.6. The third kappa shape index (κ3) is 3.88. The molecule has 1 aromatic heterocycles. The molecule has 3 aromatic rings. The molecular weight excluding hydrogens is 299 g/mol. The van der Waals surface area contributed by atoms with Crippen molar-refractivity contribution >= 4 is 12.2 Å². The van der Waals surface area contributed by atoms with Crippen molar-refractivity contribution in [3.8, 4) is 5.75 Å². The molecule has 2 aromatic carbocycles. The van der Waals surface area contributed by atoms with Gasteiger partial charge >= 0.3 is 0 Å². The van der Waals surface area contributed by atoms with Crippen LogP contribution in [0, 0.1) is 5.82 Å². The molecule has 0 amide bonds. The van der Waals surface area contributed by atoms with Gasteiger partial charge in [-0.3, -0.25) is 0 Å². The maximum Gasteiger partial charge on any atom is 0.263 e. The van der Waals surface area contributed by atoms with Crippen LogP contribution in [0.15, 0.2) is 53.6 Å². The van der Waals surface area contributed by atoms with E-state index in [9.17, 15) is 4.39 Å². The Morgan fingerprint density at radius 3 is 2.52 bits per heavy atom. The Morgan fingerprint density at radius 1 is 1.13 bits per heavy atom. The van der Waals surface area contributed by atoms with Gasteiger partial charge in [-0.25, -0.2) is 4.39 Å². The summed E-state index contributed by atoms with van der Waals surface area (Å²) in [6.45, 7) is 0.370.